The molecule has 108 valence electrons. The second-order valence-corrected chi connectivity index (χ2v) is 5.72. The lowest BCUT2D eigenvalue weighted by Crippen LogP contribution is -2.40. The highest BCUT2D eigenvalue weighted by atomic mass is 35.5. The van der Waals surface area contributed by atoms with Crippen LogP contribution in [0.4, 0.5) is 0 Å². The van der Waals surface area contributed by atoms with Gasteiger partial charge in [-0.2, -0.15) is 0 Å². The molecule has 1 saturated carbocycles. The molecule has 0 saturated heterocycles. The lowest BCUT2D eigenvalue weighted by molar-refractivity contribution is -0.0388. The summed E-state index contributed by atoms with van der Waals surface area (Å²) in [5.74, 6) is 0.317. The van der Waals surface area contributed by atoms with E-state index in [9.17, 15) is 5.11 Å². The van der Waals surface area contributed by atoms with Gasteiger partial charge in [-0.3, -0.25) is 4.98 Å². The summed E-state index contributed by atoms with van der Waals surface area (Å²) in [5, 5.41) is 11.2. The Morgan fingerprint density at radius 3 is 2.58 bits per heavy atom. The molecule has 1 aliphatic rings. The van der Waals surface area contributed by atoms with Crippen LogP contribution in [0, 0.1) is 5.92 Å². The third-order valence-electron chi connectivity index (χ3n) is 4.05. The first-order chi connectivity index (χ1) is 8.63. The topological polar surface area (TPSA) is 36.4 Å². The maximum atomic E-state index is 11.2. The quantitative estimate of drug-likeness (QED) is 0.867. The molecule has 1 aromatic heterocycles. The molecule has 1 aromatic rings. The Hall–Kier alpha value is -0.640. The van der Waals surface area contributed by atoms with Crippen LogP contribution in [0.2, 0.25) is 0 Å². The molecule has 1 aliphatic carbocycles. The maximum Gasteiger partial charge on any atom is 0.0937 e. The largest absolute Gasteiger partial charge is 0.385 e. The minimum atomic E-state index is -0.677. The summed E-state index contributed by atoms with van der Waals surface area (Å²) in [6.45, 7) is 0.943. The first-order valence-electron chi connectivity index (χ1n) is 6.90. The van der Waals surface area contributed by atoms with Crippen molar-refractivity contribution < 1.29 is 5.11 Å². The van der Waals surface area contributed by atoms with Gasteiger partial charge in [-0.15, -0.1) is 12.4 Å². The van der Waals surface area contributed by atoms with E-state index in [4.69, 9.17) is 0 Å². The summed E-state index contributed by atoms with van der Waals surface area (Å²) in [4.78, 5) is 6.24. The van der Waals surface area contributed by atoms with Crippen LogP contribution in [0.1, 0.15) is 37.7 Å². The Labute approximate surface area is 122 Å². The minimum absolute atomic E-state index is 0. The van der Waals surface area contributed by atoms with Crippen molar-refractivity contribution in [2.24, 2.45) is 5.92 Å². The Morgan fingerprint density at radius 2 is 1.95 bits per heavy atom. The number of hydrogen-bond donors (Lipinski definition) is 1. The molecule has 2 atom stereocenters. The van der Waals surface area contributed by atoms with E-state index >= 15 is 0 Å². The molecule has 19 heavy (non-hydrogen) atoms. The molecule has 0 aromatic carbocycles. The molecule has 0 radical (unpaired) electrons. The van der Waals surface area contributed by atoms with Gasteiger partial charge in [0.05, 0.1) is 5.60 Å². The van der Waals surface area contributed by atoms with Crippen LogP contribution in [-0.4, -0.2) is 35.6 Å². The van der Waals surface area contributed by atoms with Crippen molar-refractivity contribution in [1.82, 2.24) is 9.88 Å². The molecule has 3 nitrogen and oxygen atoms in total. The average Bonchev–Trinajstić information content (AvgIpc) is 2.54. The van der Waals surface area contributed by atoms with Gasteiger partial charge in [-0.25, -0.2) is 0 Å². The highest BCUT2D eigenvalue weighted by molar-refractivity contribution is 5.85. The number of pyridine rings is 1. The van der Waals surface area contributed by atoms with E-state index in [-0.39, 0.29) is 12.4 Å². The van der Waals surface area contributed by atoms with Gasteiger partial charge in [0.25, 0.3) is 0 Å². The predicted molar refractivity (Wildman–Crippen MR) is 80.5 cm³/mol. The van der Waals surface area contributed by atoms with E-state index in [1.807, 2.05) is 12.1 Å². The van der Waals surface area contributed by atoms with Crippen LogP contribution < -0.4 is 0 Å². The Kier molecular flexibility index (Phi) is 6.24. The number of aliphatic hydroxyl groups is 1. The number of nitrogens with zero attached hydrogens (tertiary/aromatic N) is 2. The van der Waals surface area contributed by atoms with Crippen molar-refractivity contribution in [3.8, 4) is 0 Å². The lowest BCUT2D eigenvalue weighted by Gasteiger charge is -2.37. The van der Waals surface area contributed by atoms with Crippen molar-refractivity contribution in [2.75, 3.05) is 20.6 Å². The Bertz CT molecular complexity index is 372. The van der Waals surface area contributed by atoms with E-state index in [0.29, 0.717) is 5.92 Å². The summed E-state index contributed by atoms with van der Waals surface area (Å²) in [6.07, 6.45) is 9.12. The maximum absolute atomic E-state index is 11.2. The summed E-state index contributed by atoms with van der Waals surface area (Å²) in [5.41, 5.74) is 0.357. The molecule has 4 heteroatoms. The summed E-state index contributed by atoms with van der Waals surface area (Å²) in [6, 6.07) is 3.93. The monoisotopic (exact) mass is 284 g/mol. The van der Waals surface area contributed by atoms with Crippen LogP contribution in [0.15, 0.2) is 24.5 Å². The molecule has 1 heterocycles. The zero-order valence-electron chi connectivity index (χ0n) is 11.9. The molecule has 1 fully saturated rings. The minimum Gasteiger partial charge on any atom is -0.385 e. The standard InChI is InChI=1S/C15H24N2O.ClH/c1-17(2)12-14-6-4-3-5-9-15(14,18)13-7-10-16-11-8-13;/h7-8,10-11,14,18H,3-6,9,12H2,1-2H3;1H. The normalized spacial score (nSPS) is 27.7. The summed E-state index contributed by atoms with van der Waals surface area (Å²) >= 11 is 0. The van der Waals surface area contributed by atoms with Gasteiger partial charge in [0.2, 0.25) is 0 Å². The van der Waals surface area contributed by atoms with Gasteiger partial charge in [0.1, 0.15) is 0 Å². The molecule has 0 amide bonds. The van der Waals surface area contributed by atoms with Crippen molar-refractivity contribution in [2.45, 2.75) is 37.7 Å². The van der Waals surface area contributed by atoms with Crippen molar-refractivity contribution in [1.29, 1.82) is 0 Å². The van der Waals surface area contributed by atoms with Gasteiger partial charge < -0.3 is 10.0 Å². The molecule has 0 aliphatic heterocycles. The molecule has 0 spiro atoms. The average molecular weight is 285 g/mol. The van der Waals surface area contributed by atoms with Gasteiger partial charge in [0.15, 0.2) is 0 Å². The number of hydrogen-bond acceptors (Lipinski definition) is 3. The number of halogens is 1. The van der Waals surface area contributed by atoms with Gasteiger partial charge in [0, 0.05) is 24.9 Å². The summed E-state index contributed by atoms with van der Waals surface area (Å²) in [7, 11) is 4.16. The molecule has 0 bridgehead atoms. The van der Waals surface area contributed by atoms with Crippen LogP contribution >= 0.6 is 12.4 Å². The van der Waals surface area contributed by atoms with Crippen molar-refractivity contribution >= 4 is 12.4 Å². The van der Waals surface area contributed by atoms with Crippen LogP contribution in [0.25, 0.3) is 0 Å². The van der Waals surface area contributed by atoms with Crippen molar-refractivity contribution in [3.63, 3.8) is 0 Å². The zero-order chi connectivity index (χ0) is 13.0. The first-order valence-corrected chi connectivity index (χ1v) is 6.90. The van der Waals surface area contributed by atoms with Gasteiger partial charge in [-0.05, 0) is 44.6 Å². The number of aromatic nitrogens is 1. The van der Waals surface area contributed by atoms with Crippen LogP contribution in [0.3, 0.4) is 0 Å². The second kappa shape index (κ2) is 7.22. The summed E-state index contributed by atoms with van der Waals surface area (Å²) < 4.78 is 0. The fourth-order valence-corrected chi connectivity index (χ4v) is 3.11. The van der Waals surface area contributed by atoms with E-state index in [0.717, 1.165) is 31.4 Å². The van der Waals surface area contributed by atoms with Gasteiger partial charge >= 0.3 is 0 Å². The lowest BCUT2D eigenvalue weighted by atomic mass is 9.78. The zero-order valence-corrected chi connectivity index (χ0v) is 12.7. The Balaban J connectivity index is 0.00000180. The molecule has 2 rings (SSSR count). The predicted octanol–water partition coefficient (Wildman–Crippen LogP) is 2.83. The molecular formula is C15H25ClN2O. The molecular weight excluding hydrogens is 260 g/mol. The third-order valence-corrected chi connectivity index (χ3v) is 4.05. The molecule has 2 unspecified atom stereocenters. The number of rotatable bonds is 3. The van der Waals surface area contributed by atoms with Crippen molar-refractivity contribution in [3.05, 3.63) is 30.1 Å². The molecule has 1 N–H and O–H groups in total. The highest BCUT2D eigenvalue weighted by Gasteiger charge is 2.39. The van der Waals surface area contributed by atoms with Crippen LogP contribution in [0.5, 0.6) is 0 Å². The highest BCUT2D eigenvalue weighted by Crippen LogP contribution is 2.40. The van der Waals surface area contributed by atoms with Crippen LogP contribution in [-0.2, 0) is 5.60 Å². The van der Waals surface area contributed by atoms with E-state index in [2.05, 4.69) is 24.0 Å². The second-order valence-electron chi connectivity index (χ2n) is 5.72. The fraction of sp³-hybridized carbons (Fsp3) is 0.667. The fourth-order valence-electron chi connectivity index (χ4n) is 3.11. The SMILES string of the molecule is CN(C)CC1CCCCCC1(O)c1ccncc1.Cl. The van der Waals surface area contributed by atoms with E-state index < -0.39 is 5.60 Å². The van der Waals surface area contributed by atoms with Gasteiger partial charge in [-0.1, -0.05) is 19.3 Å². The smallest absolute Gasteiger partial charge is 0.0937 e. The first kappa shape index (κ1) is 16.4. The third kappa shape index (κ3) is 3.91. The Morgan fingerprint density at radius 1 is 1.26 bits per heavy atom. The van der Waals surface area contributed by atoms with E-state index in [1.54, 1.807) is 12.4 Å². The van der Waals surface area contributed by atoms with E-state index in [1.165, 1.54) is 12.8 Å².